The van der Waals surface area contributed by atoms with Crippen molar-refractivity contribution in [2.24, 2.45) is 0 Å². The standard InChI is InChI=1S/C17H26N2O2/c1-14-12-18(2)9-6-10-19(14)13-16-8-5-4-7-15(16)11-17(20)21-3/h4-5,7-8,14H,6,9-13H2,1-3H3. The normalized spacial score (nSPS) is 21.0. The van der Waals surface area contributed by atoms with Gasteiger partial charge in [-0.3, -0.25) is 9.69 Å². The van der Waals surface area contributed by atoms with Crippen molar-refractivity contribution in [1.29, 1.82) is 0 Å². The fourth-order valence-electron chi connectivity index (χ4n) is 2.99. The number of benzene rings is 1. The lowest BCUT2D eigenvalue weighted by molar-refractivity contribution is -0.139. The van der Waals surface area contributed by atoms with Gasteiger partial charge in [-0.2, -0.15) is 0 Å². The Morgan fingerprint density at radius 1 is 1.29 bits per heavy atom. The van der Waals surface area contributed by atoms with E-state index in [4.69, 9.17) is 4.74 Å². The van der Waals surface area contributed by atoms with E-state index in [0.29, 0.717) is 12.5 Å². The quantitative estimate of drug-likeness (QED) is 0.793. The van der Waals surface area contributed by atoms with Crippen LogP contribution in [0.4, 0.5) is 0 Å². The molecule has 0 aromatic heterocycles. The van der Waals surface area contributed by atoms with Crippen molar-refractivity contribution in [3.8, 4) is 0 Å². The molecule has 1 atom stereocenters. The molecule has 4 nitrogen and oxygen atoms in total. The predicted molar refractivity (Wildman–Crippen MR) is 84.1 cm³/mol. The fraction of sp³-hybridized carbons (Fsp3) is 0.588. The van der Waals surface area contributed by atoms with Gasteiger partial charge in [0.2, 0.25) is 0 Å². The molecule has 1 heterocycles. The summed E-state index contributed by atoms with van der Waals surface area (Å²) in [5.74, 6) is -0.175. The Hall–Kier alpha value is -1.39. The van der Waals surface area contributed by atoms with Gasteiger partial charge in [-0.15, -0.1) is 0 Å². The number of likely N-dealkylation sites (N-methyl/N-ethyl adjacent to an activating group) is 1. The van der Waals surface area contributed by atoms with Gasteiger partial charge in [-0.1, -0.05) is 24.3 Å². The molecular weight excluding hydrogens is 264 g/mol. The molecule has 4 heteroatoms. The van der Waals surface area contributed by atoms with Crippen molar-refractivity contribution in [3.63, 3.8) is 0 Å². The van der Waals surface area contributed by atoms with Crippen LogP contribution >= 0.6 is 0 Å². The zero-order valence-electron chi connectivity index (χ0n) is 13.3. The first-order chi connectivity index (χ1) is 10.1. The minimum absolute atomic E-state index is 0.175. The summed E-state index contributed by atoms with van der Waals surface area (Å²) in [7, 11) is 3.63. The highest BCUT2D eigenvalue weighted by Gasteiger charge is 2.20. The van der Waals surface area contributed by atoms with Crippen molar-refractivity contribution >= 4 is 5.97 Å². The van der Waals surface area contributed by atoms with Crippen LogP contribution in [0.5, 0.6) is 0 Å². The molecule has 1 aliphatic heterocycles. The zero-order chi connectivity index (χ0) is 15.2. The average molecular weight is 290 g/mol. The van der Waals surface area contributed by atoms with Gasteiger partial charge in [0.1, 0.15) is 0 Å². The summed E-state index contributed by atoms with van der Waals surface area (Å²) in [4.78, 5) is 16.5. The van der Waals surface area contributed by atoms with Crippen LogP contribution in [0.15, 0.2) is 24.3 Å². The molecule has 0 amide bonds. The molecule has 1 fully saturated rings. The van der Waals surface area contributed by atoms with E-state index in [1.165, 1.54) is 19.1 Å². The number of ether oxygens (including phenoxy) is 1. The number of nitrogens with zero attached hydrogens (tertiary/aromatic N) is 2. The highest BCUT2D eigenvalue weighted by atomic mass is 16.5. The number of hydrogen-bond donors (Lipinski definition) is 0. The van der Waals surface area contributed by atoms with Crippen molar-refractivity contribution in [1.82, 2.24) is 9.80 Å². The third kappa shape index (κ3) is 4.55. The monoisotopic (exact) mass is 290 g/mol. The number of rotatable bonds is 4. The zero-order valence-corrected chi connectivity index (χ0v) is 13.3. The van der Waals surface area contributed by atoms with E-state index < -0.39 is 0 Å². The van der Waals surface area contributed by atoms with Crippen LogP contribution in [-0.4, -0.2) is 55.6 Å². The van der Waals surface area contributed by atoms with Crippen molar-refractivity contribution in [3.05, 3.63) is 35.4 Å². The van der Waals surface area contributed by atoms with Crippen LogP contribution in [0.1, 0.15) is 24.5 Å². The molecule has 2 rings (SSSR count). The molecule has 1 unspecified atom stereocenters. The Labute approximate surface area is 127 Å². The maximum atomic E-state index is 11.5. The molecule has 116 valence electrons. The maximum Gasteiger partial charge on any atom is 0.309 e. The summed E-state index contributed by atoms with van der Waals surface area (Å²) < 4.78 is 4.80. The Morgan fingerprint density at radius 2 is 2.00 bits per heavy atom. The number of methoxy groups -OCH3 is 1. The predicted octanol–water partition coefficient (Wildman–Crippen LogP) is 1.93. The fourth-order valence-corrected chi connectivity index (χ4v) is 2.99. The molecule has 1 aromatic carbocycles. The lowest BCUT2D eigenvalue weighted by Gasteiger charge is -2.28. The van der Waals surface area contributed by atoms with E-state index in [9.17, 15) is 4.79 Å². The minimum Gasteiger partial charge on any atom is -0.469 e. The largest absolute Gasteiger partial charge is 0.469 e. The summed E-state index contributed by atoms with van der Waals surface area (Å²) in [6.45, 7) is 6.55. The topological polar surface area (TPSA) is 32.8 Å². The van der Waals surface area contributed by atoms with Gasteiger partial charge in [0, 0.05) is 25.7 Å². The van der Waals surface area contributed by atoms with E-state index in [0.717, 1.165) is 31.7 Å². The van der Waals surface area contributed by atoms with E-state index in [2.05, 4.69) is 29.8 Å². The summed E-state index contributed by atoms with van der Waals surface area (Å²) in [5, 5.41) is 0. The first kappa shape index (κ1) is 16.0. The molecule has 21 heavy (non-hydrogen) atoms. The van der Waals surface area contributed by atoms with E-state index in [-0.39, 0.29) is 5.97 Å². The summed E-state index contributed by atoms with van der Waals surface area (Å²) >= 11 is 0. The third-order valence-electron chi connectivity index (χ3n) is 4.24. The SMILES string of the molecule is COC(=O)Cc1ccccc1CN1CCCN(C)CC1C. The highest BCUT2D eigenvalue weighted by molar-refractivity contribution is 5.72. The molecule has 1 aliphatic rings. The molecule has 0 saturated carbocycles. The van der Waals surface area contributed by atoms with Gasteiger partial charge in [0.25, 0.3) is 0 Å². The van der Waals surface area contributed by atoms with Crippen molar-refractivity contribution in [2.45, 2.75) is 32.4 Å². The van der Waals surface area contributed by atoms with E-state index in [1.807, 2.05) is 18.2 Å². The Morgan fingerprint density at radius 3 is 2.71 bits per heavy atom. The molecule has 1 saturated heterocycles. The second kappa shape index (κ2) is 7.57. The molecule has 0 spiro atoms. The average Bonchev–Trinajstić information content (AvgIpc) is 2.62. The number of esters is 1. The van der Waals surface area contributed by atoms with E-state index >= 15 is 0 Å². The molecule has 0 N–H and O–H groups in total. The second-order valence-corrected chi connectivity index (χ2v) is 5.96. The van der Waals surface area contributed by atoms with Gasteiger partial charge in [-0.05, 0) is 38.1 Å². The Balaban J connectivity index is 2.09. The van der Waals surface area contributed by atoms with Gasteiger partial charge in [-0.25, -0.2) is 0 Å². The highest BCUT2D eigenvalue weighted by Crippen LogP contribution is 2.17. The first-order valence-corrected chi connectivity index (χ1v) is 7.66. The molecule has 0 bridgehead atoms. The van der Waals surface area contributed by atoms with Gasteiger partial charge < -0.3 is 9.64 Å². The van der Waals surface area contributed by atoms with E-state index in [1.54, 1.807) is 0 Å². The lowest BCUT2D eigenvalue weighted by Crippen LogP contribution is -2.37. The van der Waals surface area contributed by atoms with Crippen LogP contribution in [-0.2, 0) is 22.5 Å². The van der Waals surface area contributed by atoms with Crippen LogP contribution in [0.2, 0.25) is 0 Å². The Kier molecular flexibility index (Phi) is 5.76. The van der Waals surface area contributed by atoms with Crippen molar-refractivity contribution in [2.75, 3.05) is 33.8 Å². The summed E-state index contributed by atoms with van der Waals surface area (Å²) in [5.41, 5.74) is 2.31. The van der Waals surface area contributed by atoms with Crippen molar-refractivity contribution < 1.29 is 9.53 Å². The van der Waals surface area contributed by atoms with Crippen LogP contribution in [0, 0.1) is 0 Å². The number of carbonyl (C=O) groups is 1. The van der Waals surface area contributed by atoms with Crippen LogP contribution in [0.25, 0.3) is 0 Å². The van der Waals surface area contributed by atoms with Crippen LogP contribution < -0.4 is 0 Å². The molecule has 0 radical (unpaired) electrons. The number of hydrogen-bond acceptors (Lipinski definition) is 4. The smallest absolute Gasteiger partial charge is 0.309 e. The lowest BCUT2D eigenvalue weighted by atomic mass is 10.0. The second-order valence-electron chi connectivity index (χ2n) is 5.96. The molecule has 1 aromatic rings. The third-order valence-corrected chi connectivity index (χ3v) is 4.24. The first-order valence-electron chi connectivity index (χ1n) is 7.66. The van der Waals surface area contributed by atoms with Crippen LogP contribution in [0.3, 0.4) is 0 Å². The Bertz CT molecular complexity index is 476. The van der Waals surface area contributed by atoms with Gasteiger partial charge in [0.15, 0.2) is 0 Å². The number of carbonyl (C=O) groups excluding carboxylic acids is 1. The summed E-state index contributed by atoms with van der Waals surface area (Å²) in [6.07, 6.45) is 1.55. The van der Waals surface area contributed by atoms with Gasteiger partial charge in [0.05, 0.1) is 13.5 Å². The minimum atomic E-state index is -0.175. The molecule has 0 aliphatic carbocycles. The maximum absolute atomic E-state index is 11.5. The summed E-state index contributed by atoms with van der Waals surface area (Å²) in [6, 6.07) is 8.72. The van der Waals surface area contributed by atoms with Gasteiger partial charge >= 0.3 is 5.97 Å². The molecular formula is C17H26N2O2.